The molecule has 7 aromatic heterocycles. The van der Waals surface area contributed by atoms with Crippen LogP contribution in [-0.2, 0) is 14.1 Å². The van der Waals surface area contributed by atoms with Crippen molar-refractivity contribution in [2.45, 2.75) is 38.1 Å². The number of aromatic nitrogens is 7. The molecule has 0 aliphatic carbocycles. The van der Waals surface area contributed by atoms with Gasteiger partial charge in [-0.2, -0.15) is 0 Å². The maximum Gasteiger partial charge on any atom is 0.163 e. The van der Waals surface area contributed by atoms with E-state index in [0.29, 0.717) is 29.3 Å². The van der Waals surface area contributed by atoms with Gasteiger partial charge in [0.2, 0.25) is 0 Å². The molecule has 75 heavy (non-hydrogen) atoms. The number of nitrogens with zero attached hydrogens (tertiary/aromatic N) is 8. The third kappa shape index (κ3) is 11.9. The average molecular weight is 1060 g/mol. The Morgan fingerprint density at radius 2 is 1.13 bits per heavy atom. The first-order valence-electron chi connectivity index (χ1n) is 26.2. The van der Waals surface area contributed by atoms with Crippen molar-refractivity contribution in [3.63, 3.8) is 0 Å². The molecule has 10 heterocycles. The zero-order chi connectivity index (χ0) is 51.8. The Morgan fingerprint density at radius 3 is 1.63 bits per heavy atom. The number of hydrogen-bond acceptors (Lipinski definition) is 11. The first kappa shape index (κ1) is 52.1. The van der Waals surface area contributed by atoms with Crippen LogP contribution in [0.15, 0.2) is 104 Å². The number of halogens is 2. The van der Waals surface area contributed by atoms with Crippen LogP contribution in [0.1, 0.15) is 32.1 Å². The molecule has 0 bridgehead atoms. The van der Waals surface area contributed by atoms with Gasteiger partial charge in [-0.3, -0.25) is 14.8 Å². The van der Waals surface area contributed by atoms with Crippen LogP contribution in [0.2, 0.25) is 10.0 Å². The minimum absolute atomic E-state index is 0.634. The number of piperazine rings is 1. The number of nitrogens with one attached hydrogen (secondary N) is 3. The van der Waals surface area contributed by atoms with Gasteiger partial charge in [-0.25, -0.2) is 9.97 Å². The number of aryl methyl sites for hydroxylation is 2. The maximum atomic E-state index is 6.40. The molecule has 3 aliphatic heterocycles. The van der Waals surface area contributed by atoms with Crippen molar-refractivity contribution in [1.82, 2.24) is 54.1 Å². The zero-order valence-corrected chi connectivity index (χ0v) is 45.3. The van der Waals surface area contributed by atoms with Crippen LogP contribution in [0.3, 0.4) is 0 Å². The number of likely N-dealkylation sites (tertiary alicyclic amines) is 1. The molecular formula is C58H69Cl2N11O4. The van der Waals surface area contributed by atoms with Crippen LogP contribution >= 0.6 is 23.2 Å². The number of pyridine rings is 3. The molecule has 0 saturated carbocycles. The molecule has 0 radical (unpaired) electrons. The minimum Gasteiger partial charge on any atom is -0.493 e. The van der Waals surface area contributed by atoms with E-state index in [2.05, 4.69) is 111 Å². The summed E-state index contributed by atoms with van der Waals surface area (Å²) in [5, 5.41) is 8.90. The van der Waals surface area contributed by atoms with Crippen molar-refractivity contribution in [2.24, 2.45) is 20.0 Å². The van der Waals surface area contributed by atoms with Gasteiger partial charge in [0.15, 0.2) is 23.0 Å². The van der Waals surface area contributed by atoms with Gasteiger partial charge in [-0.1, -0.05) is 35.7 Å². The van der Waals surface area contributed by atoms with E-state index in [1.54, 1.807) is 45.1 Å². The zero-order valence-electron chi connectivity index (χ0n) is 43.7. The van der Waals surface area contributed by atoms with Gasteiger partial charge in [0.05, 0.1) is 35.3 Å². The molecule has 15 nitrogen and oxygen atoms in total. The summed E-state index contributed by atoms with van der Waals surface area (Å²) in [5.41, 5.74) is 7.82. The fraction of sp³-hybridized carbons (Fsp3) is 0.397. The van der Waals surface area contributed by atoms with Crippen molar-refractivity contribution in [3.05, 3.63) is 114 Å². The first-order valence-corrected chi connectivity index (χ1v) is 27.0. The number of benzene rings is 2. The van der Waals surface area contributed by atoms with E-state index in [-0.39, 0.29) is 0 Å². The Labute approximate surface area is 449 Å². The Hall–Kier alpha value is -6.33. The quantitative estimate of drug-likeness (QED) is 0.102. The predicted octanol–water partition coefficient (Wildman–Crippen LogP) is 10.7. The van der Waals surface area contributed by atoms with Crippen molar-refractivity contribution < 1.29 is 18.9 Å². The third-order valence-electron chi connectivity index (χ3n) is 15.1. The Bertz CT molecular complexity index is 3290. The van der Waals surface area contributed by atoms with Gasteiger partial charge < -0.3 is 48.3 Å². The number of H-pyrrole nitrogens is 2. The summed E-state index contributed by atoms with van der Waals surface area (Å²) in [4.78, 5) is 26.9. The molecule has 3 fully saturated rings. The molecule has 0 spiro atoms. The summed E-state index contributed by atoms with van der Waals surface area (Å²) in [6.07, 6.45) is 17.7. The lowest BCUT2D eigenvalue weighted by Gasteiger charge is -2.42. The SMILES string of the molecule is COc1cc2c(-c3cc4c(Cl)ccnc4[nH]3)cn(C)c2cc1OCCN1CCCCC1C1CCNCC1.COc1cc2c(-c3cc4c(Cl)ccnc4[nH]3)cn(C)c2cc1OCCN1CCN(C)CC1.c1ccncc1. The van der Waals surface area contributed by atoms with Crippen LogP contribution in [0, 0.1) is 5.92 Å². The highest BCUT2D eigenvalue weighted by Gasteiger charge is 2.31. The summed E-state index contributed by atoms with van der Waals surface area (Å²) in [7, 11) is 9.67. The van der Waals surface area contributed by atoms with E-state index < -0.39 is 0 Å². The van der Waals surface area contributed by atoms with E-state index in [0.717, 1.165) is 148 Å². The molecule has 3 N–H and O–H groups in total. The molecule has 17 heteroatoms. The summed E-state index contributed by atoms with van der Waals surface area (Å²) < 4.78 is 28.3. The number of fused-ring (bicyclic) bond motifs is 4. The van der Waals surface area contributed by atoms with E-state index in [1.165, 1.54) is 38.6 Å². The first-order chi connectivity index (χ1) is 36.6. The highest BCUT2D eigenvalue weighted by atomic mass is 35.5. The summed E-state index contributed by atoms with van der Waals surface area (Å²) in [5.74, 6) is 3.85. The summed E-state index contributed by atoms with van der Waals surface area (Å²) in [6.45, 7) is 11.0. The fourth-order valence-electron chi connectivity index (χ4n) is 11.0. The van der Waals surface area contributed by atoms with Crippen LogP contribution in [0.5, 0.6) is 23.0 Å². The molecule has 12 rings (SSSR count). The molecule has 3 saturated heterocycles. The Balaban J connectivity index is 0.000000155. The van der Waals surface area contributed by atoms with Crippen molar-refractivity contribution in [3.8, 4) is 45.5 Å². The molecular weight excluding hydrogens is 986 g/mol. The second-order valence-corrected chi connectivity index (χ2v) is 20.7. The third-order valence-corrected chi connectivity index (χ3v) is 15.8. The van der Waals surface area contributed by atoms with Crippen molar-refractivity contribution in [2.75, 3.05) is 93.4 Å². The van der Waals surface area contributed by atoms with Gasteiger partial charge in [0.1, 0.15) is 24.5 Å². The van der Waals surface area contributed by atoms with Crippen molar-refractivity contribution >= 4 is 67.1 Å². The number of piperidine rings is 2. The van der Waals surface area contributed by atoms with Crippen LogP contribution in [0.4, 0.5) is 0 Å². The standard InChI is InChI=1S/C29H36ClN5O2.C24H28ClN5O2.C5H5N/c1-34-18-22(24-15-21-23(30)8-11-32-29(21)33-24)20-16-27(36-2)28(17-26(20)34)37-14-13-35-12-4-3-5-25(35)19-6-9-31-10-7-19;1-28-6-8-30(9-7-28)10-11-32-23-14-21-16(13-22(23)31-3)18(15-29(21)2)20-12-17-19(25)4-5-26-24(17)27-20;1-2-4-6-5-3-1/h8,11,15-19,25,31H,3-7,9-10,12-14H2,1-2H3,(H,32,33);4-5,12-15H,6-11H2,1-3H3,(H,26,27);1-5H. The largest absolute Gasteiger partial charge is 0.493 e. The van der Waals surface area contributed by atoms with Gasteiger partial charge in [0.25, 0.3) is 0 Å². The Morgan fingerprint density at radius 1 is 0.587 bits per heavy atom. The number of likely N-dealkylation sites (N-methyl/N-ethyl adjacent to an activating group) is 1. The van der Waals surface area contributed by atoms with Gasteiger partial charge in [0, 0.05) is 153 Å². The smallest absolute Gasteiger partial charge is 0.163 e. The monoisotopic (exact) mass is 1050 g/mol. The molecule has 0 amide bonds. The van der Waals surface area contributed by atoms with E-state index in [4.69, 9.17) is 42.1 Å². The van der Waals surface area contributed by atoms with E-state index >= 15 is 0 Å². The second-order valence-electron chi connectivity index (χ2n) is 19.9. The fourth-order valence-corrected chi connectivity index (χ4v) is 11.4. The predicted molar refractivity (Wildman–Crippen MR) is 303 cm³/mol. The molecule has 394 valence electrons. The number of hydrogen-bond donors (Lipinski definition) is 3. The highest BCUT2D eigenvalue weighted by Crippen LogP contribution is 2.41. The van der Waals surface area contributed by atoms with Gasteiger partial charge >= 0.3 is 0 Å². The van der Waals surface area contributed by atoms with E-state index in [1.807, 2.05) is 37.4 Å². The average Bonchev–Trinajstić information content (AvgIpc) is 4.25. The number of aromatic amines is 2. The number of ether oxygens (including phenoxy) is 4. The summed E-state index contributed by atoms with van der Waals surface area (Å²) in [6, 6.07) is 22.4. The molecule has 1 atom stereocenters. The minimum atomic E-state index is 0.634. The molecule has 3 aliphatic rings. The normalized spacial score (nSPS) is 17.0. The van der Waals surface area contributed by atoms with Crippen LogP contribution < -0.4 is 24.3 Å². The van der Waals surface area contributed by atoms with E-state index in [9.17, 15) is 0 Å². The second kappa shape index (κ2) is 24.1. The lowest BCUT2D eigenvalue weighted by atomic mass is 9.84. The van der Waals surface area contributed by atoms with Gasteiger partial charge in [-0.15, -0.1) is 0 Å². The Kier molecular flexibility index (Phi) is 16.8. The van der Waals surface area contributed by atoms with Crippen molar-refractivity contribution in [1.29, 1.82) is 0 Å². The molecule has 1 unspecified atom stereocenters. The highest BCUT2D eigenvalue weighted by molar-refractivity contribution is 6.35. The number of methoxy groups -OCH3 is 2. The lowest BCUT2D eigenvalue weighted by molar-refractivity contribution is 0.0707. The maximum absolute atomic E-state index is 6.40. The molecule has 2 aromatic carbocycles. The molecule has 9 aromatic rings. The topological polar surface area (TPSA) is 139 Å². The van der Waals surface area contributed by atoms with Crippen LogP contribution in [-0.4, -0.2) is 148 Å². The number of rotatable bonds is 13. The lowest BCUT2D eigenvalue weighted by Crippen LogP contribution is -2.48. The summed E-state index contributed by atoms with van der Waals surface area (Å²) >= 11 is 12.8. The van der Waals surface area contributed by atoms with Crippen LogP contribution in [0.25, 0.3) is 66.4 Å². The van der Waals surface area contributed by atoms with Gasteiger partial charge in [-0.05, 0) is 107 Å².